The molecule has 0 fully saturated rings. The Hall–Kier alpha value is -2.34. The van der Waals surface area contributed by atoms with E-state index in [0.717, 1.165) is 47.2 Å². The largest absolute Gasteiger partial charge is 0.493 e. The van der Waals surface area contributed by atoms with Crippen LogP contribution in [-0.4, -0.2) is 35.1 Å². The third-order valence-corrected chi connectivity index (χ3v) is 4.68. The van der Waals surface area contributed by atoms with Gasteiger partial charge in [0, 0.05) is 36.7 Å². The maximum atomic E-state index is 12.3. The summed E-state index contributed by atoms with van der Waals surface area (Å²) in [6, 6.07) is 5.96. The van der Waals surface area contributed by atoms with Crippen LogP contribution >= 0.6 is 0 Å². The number of methoxy groups -OCH3 is 1. The highest BCUT2D eigenvalue weighted by Gasteiger charge is 2.23. The van der Waals surface area contributed by atoms with Crippen LogP contribution in [0.4, 0.5) is 0 Å². The molecular formula is C20H27N3O3. The Kier molecular flexibility index (Phi) is 5.61. The molecule has 0 saturated heterocycles. The minimum absolute atomic E-state index is 0.00901. The van der Waals surface area contributed by atoms with Gasteiger partial charge in [-0.2, -0.15) is 0 Å². The van der Waals surface area contributed by atoms with Crippen LogP contribution in [-0.2, 0) is 19.5 Å². The fourth-order valence-electron chi connectivity index (χ4n) is 3.32. The zero-order chi connectivity index (χ0) is 18.7. The summed E-state index contributed by atoms with van der Waals surface area (Å²) in [5.74, 6) is 2.50. The van der Waals surface area contributed by atoms with E-state index in [-0.39, 0.29) is 11.5 Å². The number of benzene rings is 1. The summed E-state index contributed by atoms with van der Waals surface area (Å²) in [5, 5.41) is 0. The molecule has 2 aromatic rings. The number of nitrogens with one attached hydrogen (secondary N) is 1. The Morgan fingerprint density at radius 3 is 2.85 bits per heavy atom. The van der Waals surface area contributed by atoms with Gasteiger partial charge in [0.05, 0.1) is 19.4 Å². The van der Waals surface area contributed by atoms with Crippen molar-refractivity contribution >= 4 is 0 Å². The van der Waals surface area contributed by atoms with Crippen LogP contribution in [0, 0.1) is 0 Å². The first-order valence-electron chi connectivity index (χ1n) is 9.16. The average Bonchev–Trinajstić information content (AvgIpc) is 2.63. The van der Waals surface area contributed by atoms with Gasteiger partial charge in [0.25, 0.3) is 5.56 Å². The molecule has 1 aliphatic rings. The molecule has 1 N–H and O–H groups in total. The number of hydrogen-bond donors (Lipinski definition) is 1. The highest BCUT2D eigenvalue weighted by Crippen LogP contribution is 2.32. The van der Waals surface area contributed by atoms with Gasteiger partial charge < -0.3 is 14.5 Å². The number of nitrogens with zero attached hydrogens (tertiary/aromatic N) is 2. The summed E-state index contributed by atoms with van der Waals surface area (Å²) >= 11 is 0. The number of ether oxygens (including phenoxy) is 2. The van der Waals surface area contributed by atoms with Crippen LogP contribution in [0.25, 0.3) is 0 Å². The van der Waals surface area contributed by atoms with E-state index < -0.39 is 0 Å². The quantitative estimate of drug-likeness (QED) is 0.861. The van der Waals surface area contributed by atoms with E-state index in [9.17, 15) is 4.79 Å². The van der Waals surface area contributed by atoms with Gasteiger partial charge in [-0.05, 0) is 19.4 Å². The standard InChI is InChI=1S/C20H27N3O3/c1-5-26-18-14(7-6-8-17(18)25-4)11-23-10-9-15-16(12-23)21-19(13(2)3)22-20(15)24/h6-8,13H,5,9-12H2,1-4H3,(H,21,22,24). The molecule has 1 aliphatic heterocycles. The highest BCUT2D eigenvalue weighted by atomic mass is 16.5. The van der Waals surface area contributed by atoms with E-state index >= 15 is 0 Å². The molecule has 0 radical (unpaired) electrons. The second-order valence-electron chi connectivity index (χ2n) is 6.87. The number of H-pyrrole nitrogens is 1. The highest BCUT2D eigenvalue weighted by molar-refractivity contribution is 5.46. The summed E-state index contributed by atoms with van der Waals surface area (Å²) in [4.78, 5) is 22.3. The fraction of sp³-hybridized carbons (Fsp3) is 0.500. The molecule has 6 nitrogen and oxygen atoms in total. The van der Waals surface area contributed by atoms with Crippen LogP contribution in [0.15, 0.2) is 23.0 Å². The van der Waals surface area contributed by atoms with Crippen molar-refractivity contribution in [3.8, 4) is 11.5 Å². The van der Waals surface area contributed by atoms with Gasteiger partial charge in [-0.15, -0.1) is 0 Å². The van der Waals surface area contributed by atoms with E-state index in [0.29, 0.717) is 19.6 Å². The van der Waals surface area contributed by atoms with E-state index in [1.807, 2.05) is 32.9 Å². The van der Waals surface area contributed by atoms with E-state index in [1.54, 1.807) is 7.11 Å². The molecule has 0 aliphatic carbocycles. The average molecular weight is 357 g/mol. The molecular weight excluding hydrogens is 330 g/mol. The maximum Gasteiger partial charge on any atom is 0.254 e. The summed E-state index contributed by atoms with van der Waals surface area (Å²) in [7, 11) is 1.66. The van der Waals surface area contributed by atoms with Crippen molar-refractivity contribution in [1.82, 2.24) is 14.9 Å². The van der Waals surface area contributed by atoms with Crippen molar-refractivity contribution < 1.29 is 9.47 Å². The molecule has 140 valence electrons. The van der Waals surface area contributed by atoms with Crippen molar-refractivity contribution in [2.24, 2.45) is 0 Å². The third-order valence-electron chi connectivity index (χ3n) is 4.68. The second kappa shape index (κ2) is 7.91. The number of aromatic nitrogens is 2. The lowest BCUT2D eigenvalue weighted by atomic mass is 10.0. The van der Waals surface area contributed by atoms with Crippen molar-refractivity contribution in [3.05, 3.63) is 51.2 Å². The minimum Gasteiger partial charge on any atom is -0.493 e. The second-order valence-corrected chi connectivity index (χ2v) is 6.87. The van der Waals surface area contributed by atoms with Crippen LogP contribution in [0.2, 0.25) is 0 Å². The molecule has 1 aromatic carbocycles. The fourth-order valence-corrected chi connectivity index (χ4v) is 3.32. The van der Waals surface area contributed by atoms with Crippen LogP contribution in [0.1, 0.15) is 49.3 Å². The Morgan fingerprint density at radius 2 is 2.15 bits per heavy atom. The van der Waals surface area contributed by atoms with Gasteiger partial charge in [0.1, 0.15) is 5.82 Å². The van der Waals surface area contributed by atoms with Crippen molar-refractivity contribution in [3.63, 3.8) is 0 Å². The van der Waals surface area contributed by atoms with Crippen LogP contribution in [0.3, 0.4) is 0 Å². The number of hydrogen-bond acceptors (Lipinski definition) is 5. The normalized spacial score (nSPS) is 14.3. The molecule has 3 rings (SSSR count). The Labute approximate surface area is 154 Å². The zero-order valence-corrected chi connectivity index (χ0v) is 16.0. The first-order valence-corrected chi connectivity index (χ1v) is 9.16. The van der Waals surface area contributed by atoms with Crippen LogP contribution < -0.4 is 15.0 Å². The number of fused-ring (bicyclic) bond motifs is 1. The molecule has 0 unspecified atom stereocenters. The summed E-state index contributed by atoms with van der Waals surface area (Å²) in [6.45, 7) is 8.86. The molecule has 0 amide bonds. The Morgan fingerprint density at radius 1 is 1.35 bits per heavy atom. The zero-order valence-electron chi connectivity index (χ0n) is 16.0. The molecule has 1 aromatic heterocycles. The number of para-hydroxylation sites is 1. The van der Waals surface area contributed by atoms with Crippen molar-refractivity contribution in [1.29, 1.82) is 0 Å². The first kappa shape index (κ1) is 18.5. The minimum atomic E-state index is 0.00901. The molecule has 0 bridgehead atoms. The lowest BCUT2D eigenvalue weighted by molar-refractivity contribution is 0.232. The van der Waals surface area contributed by atoms with Gasteiger partial charge in [0.2, 0.25) is 0 Å². The lowest BCUT2D eigenvalue weighted by Gasteiger charge is -2.28. The molecule has 2 heterocycles. The molecule has 0 saturated carbocycles. The number of rotatable bonds is 6. The predicted molar refractivity (Wildman–Crippen MR) is 101 cm³/mol. The van der Waals surface area contributed by atoms with Gasteiger partial charge in [-0.1, -0.05) is 26.0 Å². The summed E-state index contributed by atoms with van der Waals surface area (Å²) in [5.41, 5.74) is 2.81. The van der Waals surface area contributed by atoms with Gasteiger partial charge in [-0.3, -0.25) is 9.69 Å². The Bertz CT molecular complexity index is 830. The van der Waals surface area contributed by atoms with Crippen molar-refractivity contribution in [2.75, 3.05) is 20.3 Å². The van der Waals surface area contributed by atoms with Crippen LogP contribution in [0.5, 0.6) is 11.5 Å². The molecule has 0 spiro atoms. The summed E-state index contributed by atoms with van der Waals surface area (Å²) in [6.07, 6.45) is 0.712. The van der Waals surface area contributed by atoms with E-state index in [1.165, 1.54) is 0 Å². The SMILES string of the molecule is CCOc1c(CN2CCc3c(nc(C(C)C)[nH]c3=O)C2)cccc1OC. The molecule has 26 heavy (non-hydrogen) atoms. The molecule has 6 heteroatoms. The lowest BCUT2D eigenvalue weighted by Crippen LogP contribution is -2.35. The van der Waals surface area contributed by atoms with Crippen molar-refractivity contribution in [2.45, 2.75) is 46.2 Å². The summed E-state index contributed by atoms with van der Waals surface area (Å²) < 4.78 is 11.3. The molecule has 0 atom stereocenters. The maximum absolute atomic E-state index is 12.3. The van der Waals surface area contributed by atoms with Gasteiger partial charge >= 0.3 is 0 Å². The van der Waals surface area contributed by atoms with Gasteiger partial charge in [-0.25, -0.2) is 4.98 Å². The monoisotopic (exact) mass is 357 g/mol. The third kappa shape index (κ3) is 3.75. The Balaban J connectivity index is 1.85. The smallest absolute Gasteiger partial charge is 0.254 e. The number of aromatic amines is 1. The first-order chi connectivity index (χ1) is 12.5. The van der Waals surface area contributed by atoms with E-state index in [4.69, 9.17) is 14.5 Å². The van der Waals surface area contributed by atoms with E-state index in [2.05, 4.69) is 16.0 Å². The van der Waals surface area contributed by atoms with Gasteiger partial charge in [0.15, 0.2) is 11.5 Å². The predicted octanol–water partition coefficient (Wildman–Crippen LogP) is 2.86. The topological polar surface area (TPSA) is 67.5 Å².